The molecule has 0 saturated carbocycles. The first kappa shape index (κ1) is 10.5. The van der Waals surface area contributed by atoms with Gasteiger partial charge in [-0.05, 0) is 18.6 Å². The predicted molar refractivity (Wildman–Crippen MR) is 52.2 cm³/mol. The van der Waals surface area contributed by atoms with E-state index >= 15 is 0 Å². The van der Waals surface area contributed by atoms with Crippen LogP contribution in [0.3, 0.4) is 0 Å². The van der Waals surface area contributed by atoms with Crippen LogP contribution < -0.4 is 5.73 Å². The minimum atomic E-state index is -1.06. The van der Waals surface area contributed by atoms with Gasteiger partial charge in [-0.2, -0.15) is 0 Å². The molecule has 1 atom stereocenters. The highest BCUT2D eigenvalue weighted by Crippen LogP contribution is 2.19. The molecule has 4 heteroatoms. The Bertz CT molecular complexity index is 349. The van der Waals surface area contributed by atoms with E-state index in [0.29, 0.717) is 5.56 Å². The average molecular weight is 195 g/mol. The second-order valence-electron chi connectivity index (χ2n) is 3.28. The molecule has 0 spiro atoms. The Labute approximate surface area is 82.0 Å². The molecule has 0 aromatic heterocycles. The number of aromatic hydroxyl groups is 1. The molecule has 4 nitrogen and oxygen atoms in total. The fourth-order valence-electron chi connectivity index (χ4n) is 1.20. The second kappa shape index (κ2) is 4.11. The predicted octanol–water partition coefficient (Wildman–Crippen LogP) is 0.655. The first-order chi connectivity index (χ1) is 6.50. The fourth-order valence-corrected chi connectivity index (χ4v) is 1.20. The Morgan fingerprint density at radius 3 is 2.79 bits per heavy atom. The Morgan fingerprint density at radius 1 is 1.57 bits per heavy atom. The summed E-state index contributed by atoms with van der Waals surface area (Å²) in [6.45, 7) is 1.87. The Balaban J connectivity index is 2.85. The van der Waals surface area contributed by atoms with Crippen LogP contribution in [0.1, 0.15) is 11.1 Å². The number of nitrogens with two attached hydrogens (primary N) is 1. The lowest BCUT2D eigenvalue weighted by Gasteiger charge is -2.08. The summed E-state index contributed by atoms with van der Waals surface area (Å²) in [4.78, 5) is 10.5. The van der Waals surface area contributed by atoms with E-state index < -0.39 is 12.0 Å². The van der Waals surface area contributed by atoms with Crippen molar-refractivity contribution in [1.29, 1.82) is 0 Å². The third-order valence-electron chi connectivity index (χ3n) is 1.99. The zero-order valence-corrected chi connectivity index (χ0v) is 7.90. The molecule has 14 heavy (non-hydrogen) atoms. The van der Waals surface area contributed by atoms with Gasteiger partial charge in [0.05, 0.1) is 0 Å². The molecule has 4 N–H and O–H groups in total. The number of benzene rings is 1. The molecular formula is C10H13NO3. The van der Waals surface area contributed by atoms with E-state index in [4.69, 9.17) is 10.8 Å². The van der Waals surface area contributed by atoms with E-state index in [1.165, 1.54) is 0 Å². The standard InChI is InChI=1S/C10H13NO3/c1-6-2-3-9(12)7(4-6)5-8(11)10(13)14/h2-4,8,12H,5,11H2,1H3,(H,13,14)/t8-/m0/s1. The van der Waals surface area contributed by atoms with E-state index in [2.05, 4.69) is 0 Å². The number of aliphatic carboxylic acids is 1. The molecule has 0 bridgehead atoms. The van der Waals surface area contributed by atoms with E-state index in [-0.39, 0.29) is 12.2 Å². The highest BCUT2D eigenvalue weighted by atomic mass is 16.4. The average Bonchev–Trinajstić information content (AvgIpc) is 2.11. The summed E-state index contributed by atoms with van der Waals surface area (Å²) in [5, 5.41) is 18.0. The lowest BCUT2D eigenvalue weighted by atomic mass is 10.0. The van der Waals surface area contributed by atoms with Crippen LogP contribution in [0.4, 0.5) is 0 Å². The monoisotopic (exact) mass is 195 g/mol. The van der Waals surface area contributed by atoms with Crippen LogP contribution >= 0.6 is 0 Å². The van der Waals surface area contributed by atoms with E-state index in [1.54, 1.807) is 18.2 Å². The lowest BCUT2D eigenvalue weighted by Crippen LogP contribution is -2.32. The summed E-state index contributed by atoms with van der Waals surface area (Å²) in [5.74, 6) is -0.974. The zero-order valence-electron chi connectivity index (χ0n) is 7.90. The number of carbonyl (C=O) groups is 1. The number of phenolic OH excluding ortho intramolecular Hbond substituents is 1. The maximum atomic E-state index is 10.5. The van der Waals surface area contributed by atoms with Crippen molar-refractivity contribution in [3.8, 4) is 5.75 Å². The largest absolute Gasteiger partial charge is 0.508 e. The molecule has 0 aliphatic rings. The second-order valence-corrected chi connectivity index (χ2v) is 3.28. The number of rotatable bonds is 3. The molecule has 0 fully saturated rings. The zero-order chi connectivity index (χ0) is 10.7. The van der Waals surface area contributed by atoms with E-state index in [0.717, 1.165) is 5.56 Å². The number of phenols is 1. The van der Waals surface area contributed by atoms with Crippen molar-refractivity contribution in [2.24, 2.45) is 5.73 Å². The molecule has 0 aliphatic heterocycles. The Morgan fingerprint density at radius 2 is 2.21 bits per heavy atom. The van der Waals surface area contributed by atoms with Crippen molar-refractivity contribution in [2.75, 3.05) is 0 Å². The summed E-state index contributed by atoms with van der Waals surface area (Å²) in [6.07, 6.45) is 0.142. The normalized spacial score (nSPS) is 12.4. The molecular weight excluding hydrogens is 182 g/mol. The van der Waals surface area contributed by atoms with Crippen molar-refractivity contribution in [2.45, 2.75) is 19.4 Å². The lowest BCUT2D eigenvalue weighted by molar-refractivity contribution is -0.138. The molecule has 1 rings (SSSR count). The van der Waals surface area contributed by atoms with Gasteiger partial charge in [-0.1, -0.05) is 17.7 Å². The highest BCUT2D eigenvalue weighted by Gasteiger charge is 2.14. The van der Waals surface area contributed by atoms with Gasteiger partial charge in [0.2, 0.25) is 0 Å². The van der Waals surface area contributed by atoms with Crippen molar-refractivity contribution >= 4 is 5.97 Å². The highest BCUT2D eigenvalue weighted by molar-refractivity contribution is 5.73. The third-order valence-corrected chi connectivity index (χ3v) is 1.99. The third kappa shape index (κ3) is 2.47. The van der Waals surface area contributed by atoms with Gasteiger partial charge >= 0.3 is 5.97 Å². The van der Waals surface area contributed by atoms with Crippen molar-refractivity contribution < 1.29 is 15.0 Å². The van der Waals surface area contributed by atoms with E-state index in [9.17, 15) is 9.90 Å². The Hall–Kier alpha value is -1.55. The number of hydrogen-bond acceptors (Lipinski definition) is 3. The molecule has 0 heterocycles. The maximum Gasteiger partial charge on any atom is 0.320 e. The van der Waals surface area contributed by atoms with Gasteiger partial charge < -0.3 is 15.9 Å². The van der Waals surface area contributed by atoms with Gasteiger partial charge in [0.15, 0.2) is 0 Å². The summed E-state index contributed by atoms with van der Waals surface area (Å²) in [6, 6.07) is 4.06. The molecule has 1 aromatic carbocycles. The van der Waals surface area contributed by atoms with Gasteiger partial charge in [-0.15, -0.1) is 0 Å². The molecule has 0 unspecified atom stereocenters. The van der Waals surface area contributed by atoms with Crippen LogP contribution in [0.5, 0.6) is 5.75 Å². The first-order valence-corrected chi connectivity index (χ1v) is 4.27. The summed E-state index contributed by atoms with van der Waals surface area (Å²) in [5.41, 5.74) is 6.89. The molecule has 1 aromatic rings. The first-order valence-electron chi connectivity index (χ1n) is 4.27. The molecule has 0 aliphatic carbocycles. The van der Waals surface area contributed by atoms with Crippen LogP contribution in [0, 0.1) is 6.92 Å². The number of hydrogen-bond donors (Lipinski definition) is 3. The number of carboxylic acids is 1. The van der Waals surface area contributed by atoms with Crippen molar-refractivity contribution in [3.05, 3.63) is 29.3 Å². The van der Waals surface area contributed by atoms with Crippen LogP contribution in [0.2, 0.25) is 0 Å². The molecule has 76 valence electrons. The smallest absolute Gasteiger partial charge is 0.320 e. The van der Waals surface area contributed by atoms with Gasteiger partial charge in [0.25, 0.3) is 0 Å². The summed E-state index contributed by atoms with van der Waals surface area (Å²) in [7, 11) is 0. The van der Waals surface area contributed by atoms with Crippen LogP contribution in [0.25, 0.3) is 0 Å². The van der Waals surface area contributed by atoms with Gasteiger partial charge in [-0.25, -0.2) is 0 Å². The minimum absolute atomic E-state index is 0.0901. The molecule has 0 radical (unpaired) electrons. The Kier molecular flexibility index (Phi) is 3.09. The topological polar surface area (TPSA) is 83.5 Å². The quantitative estimate of drug-likeness (QED) is 0.661. The van der Waals surface area contributed by atoms with Crippen LogP contribution in [0.15, 0.2) is 18.2 Å². The van der Waals surface area contributed by atoms with Gasteiger partial charge in [0.1, 0.15) is 11.8 Å². The van der Waals surface area contributed by atoms with Crippen LogP contribution in [-0.4, -0.2) is 22.2 Å². The van der Waals surface area contributed by atoms with Crippen LogP contribution in [-0.2, 0) is 11.2 Å². The maximum absolute atomic E-state index is 10.5. The van der Waals surface area contributed by atoms with E-state index in [1.807, 2.05) is 6.92 Å². The SMILES string of the molecule is Cc1ccc(O)c(C[C@H](N)C(=O)O)c1. The molecule has 0 amide bonds. The van der Waals surface area contributed by atoms with Gasteiger partial charge in [-0.3, -0.25) is 4.79 Å². The fraction of sp³-hybridized carbons (Fsp3) is 0.300. The van der Waals surface area contributed by atoms with Gasteiger partial charge in [0, 0.05) is 6.42 Å². The summed E-state index contributed by atoms with van der Waals surface area (Å²) >= 11 is 0. The minimum Gasteiger partial charge on any atom is -0.508 e. The molecule has 0 saturated heterocycles. The number of aryl methyl sites for hydroxylation is 1. The van der Waals surface area contributed by atoms with Crippen molar-refractivity contribution in [3.63, 3.8) is 0 Å². The van der Waals surface area contributed by atoms with Crippen molar-refractivity contribution in [1.82, 2.24) is 0 Å². The summed E-state index contributed by atoms with van der Waals surface area (Å²) < 4.78 is 0. The number of carboxylic acid groups (broad SMARTS) is 1.